The van der Waals surface area contributed by atoms with E-state index >= 15 is 0 Å². The summed E-state index contributed by atoms with van der Waals surface area (Å²) >= 11 is 0. The average molecular weight is 463 g/mol. The Balaban J connectivity index is 1.44. The number of imidazole rings is 2. The summed E-state index contributed by atoms with van der Waals surface area (Å²) in [7, 11) is 0. The topological polar surface area (TPSA) is 57.6 Å². The molecule has 1 fully saturated rings. The van der Waals surface area contributed by atoms with Gasteiger partial charge in [-0.1, -0.05) is 24.3 Å². The van der Waals surface area contributed by atoms with Gasteiger partial charge in [-0.25, -0.2) is 9.78 Å². The summed E-state index contributed by atoms with van der Waals surface area (Å²) in [4.78, 5) is 22.3. The maximum Gasteiger partial charge on any atom is 0.416 e. The number of rotatable bonds is 5. The molecule has 1 aliphatic rings. The molecule has 1 aliphatic carbocycles. The number of fused-ring (bicyclic) bond motifs is 2. The number of alkyl halides is 3. The first-order valence-electron chi connectivity index (χ1n) is 11.0. The normalized spacial score (nSPS) is 14.3. The van der Waals surface area contributed by atoms with E-state index < -0.39 is 11.7 Å². The van der Waals surface area contributed by atoms with Crippen molar-refractivity contribution in [3.63, 3.8) is 0 Å². The van der Waals surface area contributed by atoms with Crippen molar-refractivity contribution in [2.45, 2.75) is 38.1 Å². The minimum atomic E-state index is -4.38. The molecular formula is C25H20F3N5O. The molecule has 0 N–H and O–H groups in total. The van der Waals surface area contributed by atoms with Gasteiger partial charge >= 0.3 is 11.9 Å². The number of benzene rings is 2. The molecule has 6 nitrogen and oxygen atoms in total. The number of hydrogen-bond acceptors (Lipinski definition) is 3. The largest absolute Gasteiger partial charge is 0.416 e. The lowest BCUT2D eigenvalue weighted by Crippen LogP contribution is -2.25. The molecule has 1 saturated carbocycles. The standard InChI is InChI=1S/C25H20F3N5O/c26-25(27,28)17-7-5-16(6-8-17)14-31-20-4-2-1-3-19(20)30-23(31)15-32-22-13-29-12-11-21(22)33(24(32)34)18-9-10-18/h1-8,11-13,18H,9-10,14-15H2. The Morgan fingerprint density at radius 3 is 2.38 bits per heavy atom. The van der Waals surface area contributed by atoms with E-state index in [-0.39, 0.29) is 18.3 Å². The van der Waals surface area contributed by atoms with Gasteiger partial charge in [-0.3, -0.25) is 14.1 Å². The van der Waals surface area contributed by atoms with Crippen molar-refractivity contribution >= 4 is 22.1 Å². The van der Waals surface area contributed by atoms with Crippen molar-refractivity contribution in [3.8, 4) is 0 Å². The van der Waals surface area contributed by atoms with E-state index in [1.807, 2.05) is 39.5 Å². The molecule has 0 atom stereocenters. The maximum absolute atomic E-state index is 13.3. The van der Waals surface area contributed by atoms with Crippen molar-refractivity contribution in [2.75, 3.05) is 0 Å². The highest BCUT2D eigenvalue weighted by molar-refractivity contribution is 5.77. The molecular weight excluding hydrogens is 443 g/mol. The zero-order chi connectivity index (χ0) is 23.4. The average Bonchev–Trinajstić information content (AvgIpc) is 3.55. The zero-order valence-electron chi connectivity index (χ0n) is 18.0. The number of halogens is 3. The van der Waals surface area contributed by atoms with Crippen LogP contribution in [0.1, 0.15) is 35.8 Å². The number of nitrogens with zero attached hydrogens (tertiary/aromatic N) is 5. The van der Waals surface area contributed by atoms with Gasteiger partial charge in [0.1, 0.15) is 5.82 Å². The van der Waals surface area contributed by atoms with Gasteiger partial charge in [0, 0.05) is 18.8 Å². The number of aromatic nitrogens is 5. The minimum Gasteiger partial charge on any atom is -0.322 e. The van der Waals surface area contributed by atoms with Gasteiger partial charge in [-0.05, 0) is 48.7 Å². The lowest BCUT2D eigenvalue weighted by Gasteiger charge is -2.12. The van der Waals surface area contributed by atoms with Crippen LogP contribution in [-0.4, -0.2) is 23.7 Å². The molecule has 0 saturated heterocycles. The van der Waals surface area contributed by atoms with E-state index in [1.54, 1.807) is 17.0 Å². The fraction of sp³-hybridized carbons (Fsp3) is 0.240. The molecule has 0 unspecified atom stereocenters. The van der Waals surface area contributed by atoms with Crippen molar-refractivity contribution in [3.05, 3.63) is 94.4 Å². The second kappa shape index (κ2) is 7.58. The Morgan fingerprint density at radius 2 is 1.65 bits per heavy atom. The van der Waals surface area contributed by atoms with Crippen LogP contribution < -0.4 is 5.69 Å². The van der Waals surface area contributed by atoms with E-state index in [2.05, 4.69) is 4.98 Å². The summed E-state index contributed by atoms with van der Waals surface area (Å²) in [6.45, 7) is 0.568. The minimum absolute atomic E-state index is 0.0985. The maximum atomic E-state index is 13.3. The van der Waals surface area contributed by atoms with E-state index in [1.165, 1.54) is 12.1 Å². The Bertz CT molecular complexity index is 1570. The van der Waals surface area contributed by atoms with Crippen LogP contribution in [0, 0.1) is 0 Å². The highest BCUT2D eigenvalue weighted by atomic mass is 19.4. The van der Waals surface area contributed by atoms with Gasteiger partial charge in [0.05, 0.1) is 40.4 Å². The number of hydrogen-bond donors (Lipinski definition) is 0. The molecule has 0 bridgehead atoms. The Hall–Kier alpha value is -3.88. The summed E-state index contributed by atoms with van der Waals surface area (Å²) in [6, 6.07) is 14.8. The first-order valence-corrected chi connectivity index (χ1v) is 11.0. The molecule has 0 amide bonds. The fourth-order valence-electron chi connectivity index (χ4n) is 4.51. The van der Waals surface area contributed by atoms with Crippen LogP contribution in [-0.2, 0) is 19.3 Å². The Kier molecular flexibility index (Phi) is 4.62. The molecule has 6 rings (SSSR count). The lowest BCUT2D eigenvalue weighted by molar-refractivity contribution is -0.137. The van der Waals surface area contributed by atoms with Crippen LogP contribution in [0.3, 0.4) is 0 Å². The third-order valence-electron chi connectivity index (χ3n) is 6.33. The van der Waals surface area contributed by atoms with Gasteiger partial charge in [0.25, 0.3) is 0 Å². The molecule has 3 aromatic heterocycles. The second-order valence-corrected chi connectivity index (χ2v) is 8.63. The van der Waals surface area contributed by atoms with E-state index in [0.29, 0.717) is 17.9 Å². The van der Waals surface area contributed by atoms with Crippen LogP contribution in [0.5, 0.6) is 0 Å². The van der Waals surface area contributed by atoms with E-state index in [9.17, 15) is 18.0 Å². The summed E-state index contributed by atoms with van der Waals surface area (Å²) in [5.41, 5.74) is 3.15. The molecule has 0 spiro atoms. The van der Waals surface area contributed by atoms with Crippen LogP contribution in [0.4, 0.5) is 13.2 Å². The molecule has 0 aliphatic heterocycles. The second-order valence-electron chi connectivity index (χ2n) is 8.63. The molecule has 9 heteroatoms. The first-order chi connectivity index (χ1) is 16.4. The zero-order valence-corrected chi connectivity index (χ0v) is 18.0. The van der Waals surface area contributed by atoms with Gasteiger partial charge in [-0.2, -0.15) is 13.2 Å². The summed E-state index contributed by atoms with van der Waals surface area (Å²) < 4.78 is 44.4. The molecule has 34 heavy (non-hydrogen) atoms. The smallest absolute Gasteiger partial charge is 0.322 e. The van der Waals surface area contributed by atoms with Crippen LogP contribution >= 0.6 is 0 Å². The molecule has 2 aromatic carbocycles. The highest BCUT2D eigenvalue weighted by Gasteiger charge is 2.30. The van der Waals surface area contributed by atoms with Gasteiger partial charge in [0.2, 0.25) is 0 Å². The first kappa shape index (κ1) is 20.7. The van der Waals surface area contributed by atoms with Crippen molar-refractivity contribution < 1.29 is 13.2 Å². The molecule has 3 heterocycles. The summed E-state index contributed by atoms with van der Waals surface area (Å²) in [5.74, 6) is 0.655. The molecule has 0 radical (unpaired) electrons. The van der Waals surface area contributed by atoms with Crippen molar-refractivity contribution in [2.24, 2.45) is 0 Å². The molecule has 5 aromatic rings. The van der Waals surface area contributed by atoms with Crippen LogP contribution in [0.25, 0.3) is 22.1 Å². The summed E-state index contributed by atoms with van der Waals surface area (Å²) in [6.07, 6.45) is 0.960. The molecule has 172 valence electrons. The van der Waals surface area contributed by atoms with E-state index in [4.69, 9.17) is 4.98 Å². The SMILES string of the molecule is O=c1n(Cc2nc3ccccc3n2Cc2ccc(C(F)(F)F)cc2)c2cnccc2n1C1CC1. The third-order valence-corrected chi connectivity index (χ3v) is 6.33. The predicted octanol–water partition coefficient (Wildman–Crippen LogP) is 5.00. The lowest BCUT2D eigenvalue weighted by atomic mass is 10.1. The van der Waals surface area contributed by atoms with Crippen LogP contribution in [0.15, 0.2) is 71.8 Å². The fourth-order valence-corrected chi connectivity index (χ4v) is 4.51. The number of pyridine rings is 1. The summed E-state index contributed by atoms with van der Waals surface area (Å²) in [5, 5.41) is 0. The van der Waals surface area contributed by atoms with Gasteiger partial charge in [-0.15, -0.1) is 0 Å². The third kappa shape index (κ3) is 3.48. The van der Waals surface area contributed by atoms with Crippen molar-refractivity contribution in [1.82, 2.24) is 23.7 Å². The predicted molar refractivity (Wildman–Crippen MR) is 122 cm³/mol. The van der Waals surface area contributed by atoms with E-state index in [0.717, 1.165) is 47.0 Å². The Labute approximate surface area is 191 Å². The quantitative estimate of drug-likeness (QED) is 0.369. The van der Waals surface area contributed by atoms with Crippen LogP contribution in [0.2, 0.25) is 0 Å². The highest BCUT2D eigenvalue weighted by Crippen LogP contribution is 2.36. The Morgan fingerprint density at radius 1 is 0.882 bits per heavy atom. The van der Waals surface area contributed by atoms with Crippen molar-refractivity contribution in [1.29, 1.82) is 0 Å². The monoisotopic (exact) mass is 463 g/mol. The van der Waals surface area contributed by atoms with Gasteiger partial charge in [0.15, 0.2) is 0 Å². The number of para-hydroxylation sites is 2. The van der Waals surface area contributed by atoms with Gasteiger partial charge < -0.3 is 4.57 Å².